The lowest BCUT2D eigenvalue weighted by atomic mass is 10.2. The Morgan fingerprint density at radius 1 is 1.17 bits per heavy atom. The minimum Gasteiger partial charge on any atom is -0.310 e. The number of aromatic nitrogens is 2. The van der Waals surface area contributed by atoms with Crippen molar-refractivity contribution >= 4 is 11.6 Å². The van der Waals surface area contributed by atoms with Gasteiger partial charge in [-0.3, -0.25) is 0 Å². The molecule has 0 aliphatic rings. The van der Waals surface area contributed by atoms with E-state index in [9.17, 15) is 0 Å². The van der Waals surface area contributed by atoms with Crippen LogP contribution in [0.4, 0.5) is 0 Å². The van der Waals surface area contributed by atoms with Gasteiger partial charge in [-0.05, 0) is 12.1 Å². The third-order valence-corrected chi connectivity index (χ3v) is 2.86. The van der Waals surface area contributed by atoms with Crippen molar-refractivity contribution in [3.05, 3.63) is 47.2 Å². The number of hydrogen-bond acceptors (Lipinski definition) is 3. The van der Waals surface area contributed by atoms with Crippen LogP contribution in [-0.4, -0.2) is 16.0 Å². The van der Waals surface area contributed by atoms with Crippen LogP contribution in [0.15, 0.2) is 36.7 Å². The average Bonchev–Trinajstić information content (AvgIpc) is 2.38. The van der Waals surface area contributed by atoms with E-state index in [1.807, 2.05) is 36.7 Å². The summed E-state index contributed by atoms with van der Waals surface area (Å²) in [5.41, 5.74) is 1.93. The Kier molecular flexibility index (Phi) is 4.28. The zero-order valence-corrected chi connectivity index (χ0v) is 11.3. The monoisotopic (exact) mass is 261 g/mol. The van der Waals surface area contributed by atoms with Crippen molar-refractivity contribution in [2.24, 2.45) is 0 Å². The molecule has 94 valence electrons. The number of benzene rings is 1. The molecule has 4 heteroatoms. The first kappa shape index (κ1) is 13.0. The first-order valence-corrected chi connectivity index (χ1v) is 6.34. The van der Waals surface area contributed by atoms with Gasteiger partial charge >= 0.3 is 0 Å². The van der Waals surface area contributed by atoms with Crippen LogP contribution in [0.5, 0.6) is 0 Å². The van der Waals surface area contributed by atoms with Gasteiger partial charge in [0.25, 0.3) is 0 Å². The topological polar surface area (TPSA) is 37.8 Å². The normalized spacial score (nSPS) is 10.9. The highest BCUT2D eigenvalue weighted by molar-refractivity contribution is 6.33. The molecule has 18 heavy (non-hydrogen) atoms. The molecule has 1 aromatic carbocycles. The smallest absolute Gasteiger partial charge is 0.160 e. The number of halogens is 1. The van der Waals surface area contributed by atoms with E-state index in [0.29, 0.717) is 16.9 Å². The molecule has 2 rings (SSSR count). The molecule has 1 N–H and O–H groups in total. The maximum atomic E-state index is 6.11. The van der Waals surface area contributed by atoms with Crippen LogP contribution in [0.3, 0.4) is 0 Å². The predicted molar refractivity (Wildman–Crippen MR) is 74.5 cm³/mol. The molecule has 0 saturated heterocycles. The second kappa shape index (κ2) is 5.94. The van der Waals surface area contributed by atoms with Crippen LogP contribution in [0.2, 0.25) is 5.02 Å². The largest absolute Gasteiger partial charge is 0.310 e. The first-order valence-electron chi connectivity index (χ1n) is 5.96. The van der Waals surface area contributed by atoms with Crippen LogP contribution < -0.4 is 5.32 Å². The van der Waals surface area contributed by atoms with Crippen LogP contribution in [0.1, 0.15) is 19.4 Å². The molecule has 0 aliphatic carbocycles. The molecule has 0 radical (unpaired) electrons. The molecule has 0 unspecified atom stereocenters. The Hall–Kier alpha value is -1.45. The van der Waals surface area contributed by atoms with Crippen molar-refractivity contribution < 1.29 is 0 Å². The van der Waals surface area contributed by atoms with E-state index in [0.717, 1.165) is 17.7 Å². The SMILES string of the molecule is CC(C)NCc1cnc(-c2ccccc2Cl)nc1. The molecule has 1 heterocycles. The van der Waals surface area contributed by atoms with E-state index in [4.69, 9.17) is 11.6 Å². The Labute approximate surface area is 112 Å². The molecular formula is C14H16ClN3. The minimum absolute atomic E-state index is 0.452. The molecule has 3 nitrogen and oxygen atoms in total. The zero-order chi connectivity index (χ0) is 13.0. The predicted octanol–water partition coefficient (Wildman–Crippen LogP) is 3.30. The van der Waals surface area contributed by atoms with Crippen molar-refractivity contribution in [3.63, 3.8) is 0 Å². The van der Waals surface area contributed by atoms with E-state index >= 15 is 0 Å². The maximum Gasteiger partial charge on any atom is 0.160 e. The lowest BCUT2D eigenvalue weighted by Gasteiger charge is -2.08. The van der Waals surface area contributed by atoms with Gasteiger partial charge in [-0.15, -0.1) is 0 Å². The maximum absolute atomic E-state index is 6.11. The van der Waals surface area contributed by atoms with Gasteiger partial charge < -0.3 is 5.32 Å². The van der Waals surface area contributed by atoms with E-state index < -0.39 is 0 Å². The van der Waals surface area contributed by atoms with Crippen LogP contribution in [0, 0.1) is 0 Å². The van der Waals surface area contributed by atoms with Crippen molar-refractivity contribution in [1.82, 2.24) is 15.3 Å². The minimum atomic E-state index is 0.452. The first-order chi connectivity index (χ1) is 8.66. The van der Waals surface area contributed by atoms with E-state index in [1.54, 1.807) is 0 Å². The molecule has 1 aromatic heterocycles. The summed E-state index contributed by atoms with van der Waals surface area (Å²) in [4.78, 5) is 8.70. The summed E-state index contributed by atoms with van der Waals surface area (Å²) in [5.74, 6) is 0.661. The van der Waals surface area contributed by atoms with E-state index in [1.165, 1.54) is 0 Å². The van der Waals surface area contributed by atoms with E-state index in [-0.39, 0.29) is 0 Å². The highest BCUT2D eigenvalue weighted by atomic mass is 35.5. The Bertz CT molecular complexity index is 509. The standard InChI is InChI=1S/C14H16ClN3/c1-10(2)16-7-11-8-17-14(18-9-11)12-5-3-4-6-13(12)15/h3-6,8-10,16H,7H2,1-2H3. The summed E-state index contributed by atoms with van der Waals surface area (Å²) in [6.07, 6.45) is 3.67. The Morgan fingerprint density at radius 2 is 1.83 bits per heavy atom. The number of nitrogens with zero attached hydrogens (tertiary/aromatic N) is 2. The summed E-state index contributed by atoms with van der Waals surface area (Å²) in [6.45, 7) is 5.00. The third-order valence-electron chi connectivity index (χ3n) is 2.53. The van der Waals surface area contributed by atoms with Gasteiger partial charge in [0, 0.05) is 36.1 Å². The van der Waals surface area contributed by atoms with E-state index in [2.05, 4.69) is 29.1 Å². The second-order valence-electron chi connectivity index (χ2n) is 4.43. The fourth-order valence-corrected chi connectivity index (χ4v) is 1.77. The van der Waals surface area contributed by atoms with Gasteiger partial charge in [-0.1, -0.05) is 37.6 Å². The quantitative estimate of drug-likeness (QED) is 0.918. The number of hydrogen-bond donors (Lipinski definition) is 1. The summed E-state index contributed by atoms with van der Waals surface area (Å²) < 4.78 is 0. The van der Waals surface area contributed by atoms with Crippen molar-refractivity contribution in [2.45, 2.75) is 26.4 Å². The Morgan fingerprint density at radius 3 is 2.44 bits per heavy atom. The summed E-state index contributed by atoms with van der Waals surface area (Å²) >= 11 is 6.11. The number of rotatable bonds is 4. The molecule has 0 amide bonds. The molecule has 0 saturated carbocycles. The molecule has 0 bridgehead atoms. The molecule has 0 fully saturated rings. The van der Waals surface area contributed by atoms with Gasteiger partial charge in [0.15, 0.2) is 5.82 Å². The fourth-order valence-electron chi connectivity index (χ4n) is 1.55. The third kappa shape index (κ3) is 3.28. The molecular weight excluding hydrogens is 246 g/mol. The molecule has 0 aliphatic heterocycles. The molecule has 2 aromatic rings. The summed E-state index contributed by atoms with van der Waals surface area (Å²) in [6, 6.07) is 8.04. The summed E-state index contributed by atoms with van der Waals surface area (Å²) in [5, 5.41) is 4.00. The molecule has 0 spiro atoms. The van der Waals surface area contributed by atoms with Crippen LogP contribution in [-0.2, 0) is 6.54 Å². The van der Waals surface area contributed by atoms with Gasteiger partial charge in [0.1, 0.15) is 0 Å². The van der Waals surface area contributed by atoms with Crippen molar-refractivity contribution in [1.29, 1.82) is 0 Å². The van der Waals surface area contributed by atoms with Gasteiger partial charge in [-0.2, -0.15) is 0 Å². The molecule has 0 atom stereocenters. The van der Waals surface area contributed by atoms with Crippen molar-refractivity contribution in [2.75, 3.05) is 0 Å². The Balaban J connectivity index is 2.15. The summed E-state index contributed by atoms with van der Waals surface area (Å²) in [7, 11) is 0. The van der Waals surface area contributed by atoms with Gasteiger partial charge in [0.05, 0.1) is 5.02 Å². The zero-order valence-electron chi connectivity index (χ0n) is 10.5. The average molecular weight is 262 g/mol. The van der Waals surface area contributed by atoms with Crippen molar-refractivity contribution in [3.8, 4) is 11.4 Å². The fraction of sp³-hybridized carbons (Fsp3) is 0.286. The van der Waals surface area contributed by atoms with Gasteiger partial charge in [-0.25, -0.2) is 9.97 Å². The highest BCUT2D eigenvalue weighted by Gasteiger charge is 2.05. The number of nitrogens with one attached hydrogen (secondary N) is 1. The van der Waals surface area contributed by atoms with Gasteiger partial charge in [0.2, 0.25) is 0 Å². The van der Waals surface area contributed by atoms with Crippen LogP contribution in [0.25, 0.3) is 11.4 Å². The van der Waals surface area contributed by atoms with Crippen LogP contribution >= 0.6 is 11.6 Å². The second-order valence-corrected chi connectivity index (χ2v) is 4.84. The lowest BCUT2D eigenvalue weighted by Crippen LogP contribution is -2.21. The highest BCUT2D eigenvalue weighted by Crippen LogP contribution is 2.23. The lowest BCUT2D eigenvalue weighted by molar-refractivity contribution is 0.587.